The Morgan fingerprint density at radius 2 is 2.06 bits per heavy atom. The van der Waals surface area contributed by atoms with Crippen LogP contribution in [0.15, 0.2) is 24.3 Å². The number of benzene rings is 1. The van der Waals surface area contributed by atoms with Gasteiger partial charge in [0.05, 0.1) is 12.8 Å². The molecule has 0 spiro atoms. The Bertz CT molecular complexity index is 511. The Labute approximate surface area is 105 Å². The first-order chi connectivity index (χ1) is 8.70. The van der Waals surface area contributed by atoms with Crippen molar-refractivity contribution < 1.29 is 14.3 Å². The van der Waals surface area contributed by atoms with E-state index in [4.69, 9.17) is 4.74 Å². The van der Waals surface area contributed by atoms with E-state index in [0.717, 1.165) is 12.8 Å². The van der Waals surface area contributed by atoms with Crippen LogP contribution < -0.4 is 9.64 Å². The second kappa shape index (κ2) is 4.01. The average molecular weight is 246 g/mol. The standard InChI is InChI=1S/C13H14N2O3/c1-18-11-4-2-3-10(7-11)15-12(16)8-14(13(15)17)9-5-6-9/h2-4,7,9H,5-6,8H2,1H3. The zero-order valence-electron chi connectivity index (χ0n) is 10.1. The number of anilines is 1. The number of amides is 3. The van der Waals surface area contributed by atoms with Crippen molar-refractivity contribution >= 4 is 17.6 Å². The molecule has 1 aliphatic carbocycles. The van der Waals surface area contributed by atoms with Crippen molar-refractivity contribution in [3.63, 3.8) is 0 Å². The molecule has 0 atom stereocenters. The molecule has 3 rings (SSSR count). The first-order valence-corrected chi connectivity index (χ1v) is 5.98. The smallest absolute Gasteiger partial charge is 0.332 e. The predicted octanol–water partition coefficient (Wildman–Crippen LogP) is 1.63. The van der Waals surface area contributed by atoms with E-state index in [0.29, 0.717) is 11.4 Å². The van der Waals surface area contributed by atoms with E-state index >= 15 is 0 Å². The summed E-state index contributed by atoms with van der Waals surface area (Å²) in [6.07, 6.45) is 2.01. The first kappa shape index (κ1) is 11.1. The van der Waals surface area contributed by atoms with Crippen molar-refractivity contribution in [2.75, 3.05) is 18.6 Å². The van der Waals surface area contributed by atoms with E-state index in [9.17, 15) is 9.59 Å². The fourth-order valence-electron chi connectivity index (χ4n) is 2.19. The van der Waals surface area contributed by atoms with Crippen LogP contribution in [-0.4, -0.2) is 36.5 Å². The number of hydrogen-bond acceptors (Lipinski definition) is 3. The molecule has 2 fully saturated rings. The van der Waals surface area contributed by atoms with Gasteiger partial charge < -0.3 is 9.64 Å². The monoisotopic (exact) mass is 246 g/mol. The molecule has 3 amide bonds. The van der Waals surface area contributed by atoms with Crippen molar-refractivity contribution in [2.24, 2.45) is 0 Å². The number of urea groups is 1. The fourth-order valence-corrected chi connectivity index (χ4v) is 2.19. The topological polar surface area (TPSA) is 49.9 Å². The normalized spacial score (nSPS) is 19.6. The van der Waals surface area contributed by atoms with Crippen LogP contribution in [0.1, 0.15) is 12.8 Å². The molecule has 1 aliphatic heterocycles. The van der Waals surface area contributed by atoms with E-state index in [2.05, 4.69) is 0 Å². The highest BCUT2D eigenvalue weighted by Crippen LogP contribution is 2.33. The number of carbonyl (C=O) groups is 2. The molecule has 0 bridgehead atoms. The summed E-state index contributed by atoms with van der Waals surface area (Å²) in [6, 6.07) is 7.05. The molecule has 1 saturated heterocycles. The first-order valence-electron chi connectivity index (χ1n) is 5.98. The molecule has 1 aromatic carbocycles. The SMILES string of the molecule is COc1cccc(N2C(=O)CN(C3CC3)C2=O)c1. The highest BCUT2D eigenvalue weighted by molar-refractivity contribution is 6.20. The molecule has 1 saturated carbocycles. The molecule has 1 heterocycles. The third-order valence-electron chi connectivity index (χ3n) is 3.29. The summed E-state index contributed by atoms with van der Waals surface area (Å²) in [5.41, 5.74) is 0.576. The highest BCUT2D eigenvalue weighted by Gasteiger charge is 2.44. The summed E-state index contributed by atoms with van der Waals surface area (Å²) in [4.78, 5) is 27.0. The maximum Gasteiger partial charge on any atom is 0.332 e. The van der Waals surface area contributed by atoms with Gasteiger partial charge in [0, 0.05) is 12.1 Å². The van der Waals surface area contributed by atoms with Gasteiger partial charge in [-0.25, -0.2) is 9.69 Å². The van der Waals surface area contributed by atoms with Crippen molar-refractivity contribution in [3.8, 4) is 5.75 Å². The maximum atomic E-state index is 12.2. The molecule has 0 radical (unpaired) electrons. The largest absolute Gasteiger partial charge is 0.497 e. The quantitative estimate of drug-likeness (QED) is 0.761. The van der Waals surface area contributed by atoms with Gasteiger partial charge in [-0.3, -0.25) is 4.79 Å². The van der Waals surface area contributed by atoms with Gasteiger partial charge in [0.1, 0.15) is 12.3 Å². The number of nitrogens with zero attached hydrogens (tertiary/aromatic N) is 2. The lowest BCUT2D eigenvalue weighted by molar-refractivity contribution is -0.116. The number of methoxy groups -OCH3 is 1. The molecular formula is C13H14N2O3. The van der Waals surface area contributed by atoms with Gasteiger partial charge >= 0.3 is 6.03 Å². The number of carbonyl (C=O) groups excluding carboxylic acids is 2. The minimum atomic E-state index is -0.212. The van der Waals surface area contributed by atoms with Gasteiger partial charge in [0.25, 0.3) is 5.91 Å². The number of rotatable bonds is 3. The minimum Gasteiger partial charge on any atom is -0.497 e. The molecule has 0 N–H and O–H groups in total. The lowest BCUT2D eigenvalue weighted by Crippen LogP contribution is -2.34. The molecule has 5 nitrogen and oxygen atoms in total. The van der Waals surface area contributed by atoms with Gasteiger partial charge in [0.15, 0.2) is 0 Å². The summed E-state index contributed by atoms with van der Waals surface area (Å²) in [5, 5.41) is 0. The average Bonchev–Trinajstić information content (AvgIpc) is 3.16. The number of ether oxygens (including phenoxy) is 1. The van der Waals surface area contributed by atoms with E-state index < -0.39 is 0 Å². The molecule has 94 valence electrons. The van der Waals surface area contributed by atoms with E-state index in [-0.39, 0.29) is 24.5 Å². The second-order valence-electron chi connectivity index (χ2n) is 4.57. The summed E-state index contributed by atoms with van der Waals surface area (Å²) in [6.45, 7) is 0.195. The summed E-state index contributed by atoms with van der Waals surface area (Å²) in [7, 11) is 1.56. The van der Waals surface area contributed by atoms with Crippen LogP contribution in [0.5, 0.6) is 5.75 Å². The predicted molar refractivity (Wildman–Crippen MR) is 65.6 cm³/mol. The van der Waals surface area contributed by atoms with Gasteiger partial charge in [-0.05, 0) is 25.0 Å². The Kier molecular flexibility index (Phi) is 2.47. The van der Waals surface area contributed by atoms with Crippen LogP contribution in [0.4, 0.5) is 10.5 Å². The molecule has 18 heavy (non-hydrogen) atoms. The van der Waals surface area contributed by atoms with Crippen LogP contribution >= 0.6 is 0 Å². The van der Waals surface area contributed by atoms with Gasteiger partial charge in [0.2, 0.25) is 0 Å². The highest BCUT2D eigenvalue weighted by atomic mass is 16.5. The molecule has 0 unspecified atom stereocenters. The Balaban J connectivity index is 1.90. The van der Waals surface area contributed by atoms with Crippen LogP contribution in [0, 0.1) is 0 Å². The summed E-state index contributed by atoms with van der Waals surface area (Å²) >= 11 is 0. The molecule has 2 aliphatic rings. The van der Waals surface area contributed by atoms with Crippen LogP contribution in [0.3, 0.4) is 0 Å². The Morgan fingerprint density at radius 3 is 2.72 bits per heavy atom. The molecule has 5 heteroatoms. The fraction of sp³-hybridized carbons (Fsp3) is 0.385. The molecular weight excluding hydrogens is 232 g/mol. The van der Waals surface area contributed by atoms with E-state index in [1.54, 1.807) is 36.3 Å². The Morgan fingerprint density at radius 1 is 1.28 bits per heavy atom. The van der Waals surface area contributed by atoms with Crippen LogP contribution in [0.25, 0.3) is 0 Å². The Hall–Kier alpha value is -2.04. The zero-order chi connectivity index (χ0) is 12.7. The lowest BCUT2D eigenvalue weighted by atomic mass is 10.3. The number of hydrogen-bond donors (Lipinski definition) is 0. The third kappa shape index (κ3) is 1.72. The van der Waals surface area contributed by atoms with Crippen LogP contribution in [0.2, 0.25) is 0 Å². The maximum absolute atomic E-state index is 12.2. The summed E-state index contributed by atoms with van der Waals surface area (Å²) < 4.78 is 5.11. The van der Waals surface area contributed by atoms with E-state index in [1.807, 2.05) is 0 Å². The van der Waals surface area contributed by atoms with Crippen molar-refractivity contribution in [2.45, 2.75) is 18.9 Å². The second-order valence-corrected chi connectivity index (χ2v) is 4.57. The minimum absolute atomic E-state index is 0.167. The summed E-state index contributed by atoms with van der Waals surface area (Å²) in [5.74, 6) is 0.470. The van der Waals surface area contributed by atoms with Gasteiger partial charge in [-0.1, -0.05) is 6.07 Å². The van der Waals surface area contributed by atoms with Gasteiger partial charge in [-0.15, -0.1) is 0 Å². The molecule has 1 aromatic rings. The zero-order valence-corrected chi connectivity index (χ0v) is 10.1. The van der Waals surface area contributed by atoms with E-state index in [1.165, 1.54) is 4.90 Å². The lowest BCUT2D eigenvalue weighted by Gasteiger charge is -2.16. The van der Waals surface area contributed by atoms with Crippen molar-refractivity contribution in [1.29, 1.82) is 0 Å². The third-order valence-corrected chi connectivity index (χ3v) is 3.29. The molecule has 0 aromatic heterocycles. The van der Waals surface area contributed by atoms with Crippen molar-refractivity contribution in [1.82, 2.24) is 4.90 Å². The van der Waals surface area contributed by atoms with Crippen LogP contribution in [-0.2, 0) is 4.79 Å². The van der Waals surface area contributed by atoms with Crippen molar-refractivity contribution in [3.05, 3.63) is 24.3 Å². The number of imide groups is 1. The van der Waals surface area contributed by atoms with Gasteiger partial charge in [-0.2, -0.15) is 0 Å².